The first-order valence-electron chi connectivity index (χ1n) is 5.63. The fourth-order valence-electron chi connectivity index (χ4n) is 1.66. The van der Waals surface area contributed by atoms with Crippen molar-refractivity contribution in [2.45, 2.75) is 4.05 Å². The van der Waals surface area contributed by atoms with Crippen LogP contribution in [-0.2, 0) is 14.2 Å². The Kier molecular flexibility index (Phi) is 8.84. The van der Waals surface area contributed by atoms with Gasteiger partial charge in [-0.2, -0.15) is 0 Å². The molecule has 1 heterocycles. The third-order valence-corrected chi connectivity index (χ3v) is 8.19. The van der Waals surface area contributed by atoms with Gasteiger partial charge in [0.2, 0.25) is 0 Å². The van der Waals surface area contributed by atoms with Crippen molar-refractivity contribution in [3.05, 3.63) is 0 Å². The molecule has 5 nitrogen and oxygen atoms in total. The van der Waals surface area contributed by atoms with Gasteiger partial charge in [-0.05, 0) is 0 Å². The summed E-state index contributed by atoms with van der Waals surface area (Å²) in [4.78, 5) is 0. The van der Waals surface area contributed by atoms with Crippen molar-refractivity contribution in [2.24, 2.45) is 0 Å². The first-order valence-corrected chi connectivity index (χ1v) is 9.48. The Balaban J connectivity index is 2.37. The van der Waals surface area contributed by atoms with Crippen molar-refractivity contribution >= 4 is 22.9 Å². The van der Waals surface area contributed by atoms with Gasteiger partial charge in [0.25, 0.3) is 0 Å². The molecule has 0 amide bonds. The number of halogens is 2. The molecule has 0 aromatic rings. The fraction of sp³-hybridized carbons (Fsp3) is 1.00. The van der Waals surface area contributed by atoms with Gasteiger partial charge >= 0.3 is 129 Å². The normalized spacial score (nSPS) is 29.7. The van der Waals surface area contributed by atoms with E-state index in [1.165, 1.54) is 0 Å². The van der Waals surface area contributed by atoms with Crippen LogP contribution in [0.3, 0.4) is 0 Å². The Morgan fingerprint density at radius 2 is 2.35 bits per heavy atom. The number of nitrogens with zero attached hydrogens (tertiary/aromatic N) is 1. The summed E-state index contributed by atoms with van der Waals surface area (Å²) >= 11 is 2.32. The number of hydrogen-bond acceptors (Lipinski definition) is 4. The van der Waals surface area contributed by atoms with Gasteiger partial charge in [-0.1, -0.05) is 0 Å². The summed E-state index contributed by atoms with van der Waals surface area (Å²) in [5, 5.41) is 0. The molecular weight excluding hydrogens is 450 g/mol. The average molecular weight is 472 g/mol. The van der Waals surface area contributed by atoms with Crippen LogP contribution < -0.4 is 24.7 Å². The van der Waals surface area contributed by atoms with Crippen LogP contribution in [0.2, 0.25) is 0 Å². The monoisotopic (exact) mass is 472 g/mol. The van der Waals surface area contributed by atoms with Gasteiger partial charge in [0.05, 0.1) is 0 Å². The van der Waals surface area contributed by atoms with E-state index in [1.54, 1.807) is 7.11 Å². The van der Waals surface area contributed by atoms with Crippen LogP contribution in [0.5, 0.6) is 0 Å². The summed E-state index contributed by atoms with van der Waals surface area (Å²) in [5.41, 5.74) is 0. The van der Waals surface area contributed by atoms with Crippen LogP contribution in [0.15, 0.2) is 0 Å². The molecule has 1 aliphatic heterocycles. The molecule has 1 aliphatic rings. The van der Waals surface area contributed by atoms with E-state index >= 15 is 0 Å². The number of hydrogen-bond donors (Lipinski definition) is 1. The number of nitrogens with one attached hydrogen (secondary N) is 1. The van der Waals surface area contributed by atoms with Crippen molar-refractivity contribution < 1.29 is 39.9 Å². The molecule has 0 saturated carbocycles. The van der Waals surface area contributed by atoms with Gasteiger partial charge in [0.1, 0.15) is 0 Å². The number of quaternary nitrogens is 1. The zero-order valence-corrected chi connectivity index (χ0v) is 14.8. The molecule has 7 heteroatoms. The second-order valence-electron chi connectivity index (χ2n) is 4.16. The van der Waals surface area contributed by atoms with Gasteiger partial charge in [-0.25, -0.2) is 0 Å². The second-order valence-corrected chi connectivity index (χ2v) is 8.01. The Morgan fingerprint density at radius 3 is 3.06 bits per heavy atom. The summed E-state index contributed by atoms with van der Waals surface area (Å²) in [6, 6.07) is 0. The molecule has 0 aliphatic carbocycles. The molecule has 0 aromatic carbocycles. The van der Waals surface area contributed by atoms with Gasteiger partial charge < -0.3 is 0 Å². The molecule has 1 N–H and O–H groups in total. The Bertz CT molecular complexity index is 212. The summed E-state index contributed by atoms with van der Waals surface area (Å²) in [6.07, 6.45) is 0. The van der Waals surface area contributed by atoms with Crippen molar-refractivity contribution in [1.29, 1.82) is 0 Å². The molecule has 104 valence electrons. The van der Waals surface area contributed by atoms with E-state index < -0.39 is 0 Å². The number of ether oxygens (including phenoxy) is 3. The molecule has 0 aromatic heterocycles. The minimum atomic E-state index is 0.105. The molecule has 0 spiro atoms. The Hall–Kier alpha value is 1.26. The Labute approximate surface area is 128 Å². The van der Waals surface area contributed by atoms with Crippen molar-refractivity contribution in [3.8, 4) is 0 Å². The van der Waals surface area contributed by atoms with Crippen LogP contribution in [0.1, 0.15) is 0 Å². The van der Waals surface area contributed by atoms with E-state index in [1.807, 2.05) is 0 Å². The predicted octanol–water partition coefficient (Wildman–Crippen LogP) is -2.60. The standard InChI is InChI=1S/C10H22I2N2O3/c1-14(9-17-6-5-15-2)3-4-16-7-10(14)12-8-13-11/h10,13H,3-9H2,1-2H3. The molecule has 1 fully saturated rings. The molecule has 1 rings (SSSR count). The fourth-order valence-corrected chi connectivity index (χ4v) is 5.35. The molecule has 2 unspecified atom stereocenters. The van der Waals surface area contributed by atoms with E-state index in [9.17, 15) is 0 Å². The number of likely N-dealkylation sites (N-methyl/N-ethyl adjacent to an activating group) is 1. The van der Waals surface area contributed by atoms with Gasteiger partial charge in [0, 0.05) is 0 Å². The van der Waals surface area contributed by atoms with Crippen LogP contribution in [0, 0.1) is 0 Å². The first-order chi connectivity index (χ1) is 8.23. The first kappa shape index (κ1) is 16.3. The van der Waals surface area contributed by atoms with Crippen LogP contribution in [-0.4, -0.2) is 66.9 Å². The van der Waals surface area contributed by atoms with Crippen LogP contribution in [0.25, 0.3) is 0 Å². The third-order valence-electron chi connectivity index (χ3n) is 2.80. The van der Waals surface area contributed by atoms with Crippen LogP contribution in [0.4, 0.5) is 0 Å². The average Bonchev–Trinajstić information content (AvgIpc) is 2.34. The SMILES string of the molecule is COCCOC[N+]1(C)CCOCC1[I-]CNI. The zero-order valence-electron chi connectivity index (χ0n) is 10.5. The topological polar surface area (TPSA) is 39.7 Å². The second kappa shape index (κ2) is 9.21. The zero-order chi connectivity index (χ0) is 12.6. The Morgan fingerprint density at radius 1 is 1.53 bits per heavy atom. The molecule has 0 bridgehead atoms. The van der Waals surface area contributed by atoms with E-state index in [2.05, 4.69) is 33.4 Å². The van der Waals surface area contributed by atoms with Gasteiger partial charge in [-0.3, -0.25) is 0 Å². The molecule has 2 atom stereocenters. The minimum absolute atomic E-state index is 0.105. The van der Waals surface area contributed by atoms with Crippen molar-refractivity contribution in [1.82, 2.24) is 3.53 Å². The molecule has 17 heavy (non-hydrogen) atoms. The maximum absolute atomic E-state index is 5.71. The number of methoxy groups -OCH3 is 1. The quantitative estimate of drug-likeness (QED) is 0.105. The van der Waals surface area contributed by atoms with Crippen molar-refractivity contribution in [3.63, 3.8) is 0 Å². The number of morpholine rings is 1. The summed E-state index contributed by atoms with van der Waals surface area (Å²) in [5.74, 6) is 0. The van der Waals surface area contributed by atoms with Crippen LogP contribution >= 0.6 is 22.9 Å². The van der Waals surface area contributed by atoms with Crippen molar-refractivity contribution in [2.75, 3.05) is 58.4 Å². The maximum atomic E-state index is 5.71. The third kappa shape index (κ3) is 5.83. The van der Waals surface area contributed by atoms with Gasteiger partial charge in [0.15, 0.2) is 0 Å². The predicted molar refractivity (Wildman–Crippen MR) is 70.4 cm³/mol. The molecule has 1 saturated heterocycles. The molecule has 0 radical (unpaired) electrons. The summed E-state index contributed by atoms with van der Waals surface area (Å²) in [7, 11) is 3.99. The van der Waals surface area contributed by atoms with E-state index in [4.69, 9.17) is 14.2 Å². The summed E-state index contributed by atoms with van der Waals surface area (Å²) < 4.78 is 22.3. The molecular formula is C10H22I2N2O3. The van der Waals surface area contributed by atoms with E-state index in [-0.39, 0.29) is 21.2 Å². The van der Waals surface area contributed by atoms with Gasteiger partial charge in [-0.15, -0.1) is 0 Å². The number of alkyl halides is 2. The number of rotatable bonds is 8. The van der Waals surface area contributed by atoms with E-state index in [0.29, 0.717) is 17.3 Å². The van der Waals surface area contributed by atoms with E-state index in [0.717, 1.165) is 35.5 Å². The summed E-state index contributed by atoms with van der Waals surface area (Å²) in [6.45, 7) is 4.92.